The Morgan fingerprint density at radius 3 is 2.42 bits per heavy atom. The standard InChI is InChI=1S/C16H21N3/c1-12-5-6-15(11-16(12)19(3)4)18-13(2)14-7-9-17-10-8-14/h5-11,13,18H,1-4H3. The topological polar surface area (TPSA) is 28.2 Å². The number of hydrogen-bond acceptors (Lipinski definition) is 3. The highest BCUT2D eigenvalue weighted by Gasteiger charge is 2.07. The summed E-state index contributed by atoms with van der Waals surface area (Å²) < 4.78 is 0. The van der Waals surface area contributed by atoms with Crippen molar-refractivity contribution in [3.8, 4) is 0 Å². The predicted octanol–water partition coefficient (Wildman–Crippen LogP) is 3.63. The van der Waals surface area contributed by atoms with Crippen LogP contribution in [0, 0.1) is 6.92 Å². The number of nitrogens with zero attached hydrogens (tertiary/aromatic N) is 2. The van der Waals surface area contributed by atoms with Crippen LogP contribution < -0.4 is 10.2 Å². The third kappa shape index (κ3) is 3.25. The number of hydrogen-bond donors (Lipinski definition) is 1. The van der Waals surface area contributed by atoms with Crippen LogP contribution in [-0.2, 0) is 0 Å². The van der Waals surface area contributed by atoms with Crippen molar-refractivity contribution in [1.29, 1.82) is 0 Å². The van der Waals surface area contributed by atoms with E-state index in [9.17, 15) is 0 Å². The van der Waals surface area contributed by atoms with Crippen molar-refractivity contribution in [2.45, 2.75) is 19.9 Å². The van der Waals surface area contributed by atoms with Crippen LogP contribution in [0.15, 0.2) is 42.7 Å². The summed E-state index contributed by atoms with van der Waals surface area (Å²) in [5, 5.41) is 3.53. The van der Waals surface area contributed by atoms with Crippen molar-refractivity contribution >= 4 is 11.4 Å². The Morgan fingerprint density at radius 1 is 1.11 bits per heavy atom. The maximum atomic E-state index is 4.05. The Balaban J connectivity index is 2.18. The molecule has 0 spiro atoms. The van der Waals surface area contributed by atoms with Crippen LogP contribution in [0.25, 0.3) is 0 Å². The summed E-state index contributed by atoms with van der Waals surface area (Å²) >= 11 is 0. The molecule has 1 aromatic carbocycles. The molecule has 0 aliphatic heterocycles. The molecule has 1 aromatic heterocycles. The highest BCUT2D eigenvalue weighted by atomic mass is 15.1. The summed E-state index contributed by atoms with van der Waals surface area (Å²) in [5.74, 6) is 0. The van der Waals surface area contributed by atoms with Crippen molar-refractivity contribution in [3.05, 3.63) is 53.9 Å². The van der Waals surface area contributed by atoms with Gasteiger partial charge in [-0.05, 0) is 49.2 Å². The van der Waals surface area contributed by atoms with E-state index in [1.807, 2.05) is 24.5 Å². The van der Waals surface area contributed by atoms with Gasteiger partial charge in [0.25, 0.3) is 0 Å². The summed E-state index contributed by atoms with van der Waals surface area (Å²) in [6, 6.07) is 10.8. The number of aryl methyl sites for hydroxylation is 1. The Bertz CT molecular complexity index is 535. The second kappa shape index (κ2) is 5.74. The summed E-state index contributed by atoms with van der Waals surface area (Å²) in [6.45, 7) is 4.29. The van der Waals surface area contributed by atoms with Gasteiger partial charge < -0.3 is 10.2 Å². The number of aromatic nitrogens is 1. The van der Waals surface area contributed by atoms with Crippen LogP contribution >= 0.6 is 0 Å². The van der Waals surface area contributed by atoms with Gasteiger partial charge in [-0.2, -0.15) is 0 Å². The van der Waals surface area contributed by atoms with Crippen LogP contribution in [-0.4, -0.2) is 19.1 Å². The summed E-state index contributed by atoms with van der Waals surface area (Å²) in [7, 11) is 4.14. The Kier molecular flexibility index (Phi) is 4.05. The molecule has 0 saturated heterocycles. The van der Waals surface area contributed by atoms with Gasteiger partial charge in [0.15, 0.2) is 0 Å². The Labute approximate surface area is 115 Å². The zero-order valence-electron chi connectivity index (χ0n) is 12.0. The fourth-order valence-electron chi connectivity index (χ4n) is 2.17. The van der Waals surface area contributed by atoms with E-state index in [0.717, 1.165) is 5.69 Å². The third-order valence-corrected chi connectivity index (χ3v) is 3.28. The Hall–Kier alpha value is -2.03. The van der Waals surface area contributed by atoms with E-state index in [1.54, 1.807) is 0 Å². The van der Waals surface area contributed by atoms with Crippen LogP contribution in [0.2, 0.25) is 0 Å². The molecule has 0 aliphatic rings. The molecule has 2 rings (SSSR count). The first-order valence-corrected chi connectivity index (χ1v) is 6.52. The van der Waals surface area contributed by atoms with Crippen LogP contribution in [0.4, 0.5) is 11.4 Å². The molecule has 0 amide bonds. The van der Waals surface area contributed by atoms with Gasteiger partial charge >= 0.3 is 0 Å². The lowest BCUT2D eigenvalue weighted by Crippen LogP contribution is -2.12. The first-order chi connectivity index (χ1) is 9.08. The van der Waals surface area contributed by atoms with Crippen molar-refractivity contribution in [1.82, 2.24) is 4.98 Å². The van der Waals surface area contributed by atoms with E-state index < -0.39 is 0 Å². The van der Waals surface area contributed by atoms with Crippen molar-refractivity contribution in [2.75, 3.05) is 24.3 Å². The summed E-state index contributed by atoms with van der Waals surface area (Å²) in [5.41, 5.74) is 4.90. The van der Waals surface area contributed by atoms with Gasteiger partial charge in [-0.25, -0.2) is 0 Å². The van der Waals surface area contributed by atoms with Gasteiger partial charge in [0, 0.05) is 43.9 Å². The lowest BCUT2D eigenvalue weighted by molar-refractivity contribution is 0.880. The van der Waals surface area contributed by atoms with Crippen LogP contribution in [0.1, 0.15) is 24.1 Å². The molecule has 100 valence electrons. The molecule has 0 saturated carbocycles. The molecule has 1 unspecified atom stereocenters. The zero-order chi connectivity index (χ0) is 13.8. The predicted molar refractivity (Wildman–Crippen MR) is 81.8 cm³/mol. The van der Waals surface area contributed by atoms with Gasteiger partial charge in [0.2, 0.25) is 0 Å². The fraction of sp³-hybridized carbons (Fsp3) is 0.312. The minimum atomic E-state index is 0.265. The molecule has 2 aromatic rings. The molecule has 3 heteroatoms. The SMILES string of the molecule is Cc1ccc(NC(C)c2ccncc2)cc1N(C)C. The number of nitrogens with one attached hydrogen (secondary N) is 1. The average molecular weight is 255 g/mol. The highest BCUT2D eigenvalue weighted by Crippen LogP contribution is 2.25. The largest absolute Gasteiger partial charge is 0.378 e. The van der Waals surface area contributed by atoms with E-state index in [0.29, 0.717) is 0 Å². The van der Waals surface area contributed by atoms with Gasteiger partial charge in [-0.3, -0.25) is 4.98 Å². The molecular weight excluding hydrogens is 234 g/mol. The molecule has 0 aliphatic carbocycles. The molecular formula is C16H21N3. The quantitative estimate of drug-likeness (QED) is 0.904. The van der Waals surface area contributed by atoms with Crippen molar-refractivity contribution in [2.24, 2.45) is 0 Å². The maximum absolute atomic E-state index is 4.05. The molecule has 3 nitrogen and oxygen atoms in total. The zero-order valence-corrected chi connectivity index (χ0v) is 12.0. The van der Waals surface area contributed by atoms with Crippen LogP contribution in [0.5, 0.6) is 0 Å². The number of pyridine rings is 1. The number of anilines is 2. The van der Waals surface area contributed by atoms with Gasteiger partial charge in [0.1, 0.15) is 0 Å². The number of rotatable bonds is 4. The molecule has 19 heavy (non-hydrogen) atoms. The van der Waals surface area contributed by atoms with Gasteiger partial charge in [-0.1, -0.05) is 6.07 Å². The smallest absolute Gasteiger partial charge is 0.0486 e. The third-order valence-electron chi connectivity index (χ3n) is 3.28. The lowest BCUT2D eigenvalue weighted by Gasteiger charge is -2.20. The molecule has 1 atom stereocenters. The molecule has 0 bridgehead atoms. The van der Waals surface area contributed by atoms with Gasteiger partial charge in [0.05, 0.1) is 0 Å². The number of benzene rings is 1. The first-order valence-electron chi connectivity index (χ1n) is 6.52. The van der Waals surface area contributed by atoms with E-state index >= 15 is 0 Å². The van der Waals surface area contributed by atoms with E-state index in [4.69, 9.17) is 0 Å². The Morgan fingerprint density at radius 2 is 1.79 bits per heavy atom. The maximum Gasteiger partial charge on any atom is 0.0486 e. The van der Waals surface area contributed by atoms with Crippen molar-refractivity contribution in [3.63, 3.8) is 0 Å². The lowest BCUT2D eigenvalue weighted by atomic mass is 10.1. The monoisotopic (exact) mass is 255 g/mol. The first kappa shape index (κ1) is 13.4. The minimum Gasteiger partial charge on any atom is -0.378 e. The highest BCUT2D eigenvalue weighted by molar-refractivity contribution is 5.62. The average Bonchev–Trinajstić information content (AvgIpc) is 2.41. The summed E-state index contributed by atoms with van der Waals surface area (Å²) in [4.78, 5) is 6.19. The van der Waals surface area contributed by atoms with Crippen LogP contribution in [0.3, 0.4) is 0 Å². The van der Waals surface area contributed by atoms with E-state index in [-0.39, 0.29) is 6.04 Å². The molecule has 1 N–H and O–H groups in total. The van der Waals surface area contributed by atoms with Crippen molar-refractivity contribution < 1.29 is 0 Å². The molecule has 0 radical (unpaired) electrons. The molecule has 0 fully saturated rings. The van der Waals surface area contributed by atoms with E-state index in [1.165, 1.54) is 16.8 Å². The van der Waals surface area contributed by atoms with Gasteiger partial charge in [-0.15, -0.1) is 0 Å². The second-order valence-electron chi connectivity index (χ2n) is 5.04. The second-order valence-corrected chi connectivity index (χ2v) is 5.04. The minimum absolute atomic E-state index is 0.265. The fourth-order valence-corrected chi connectivity index (χ4v) is 2.17. The normalized spacial score (nSPS) is 12.0. The molecule has 1 heterocycles. The summed E-state index contributed by atoms with van der Waals surface area (Å²) in [6.07, 6.45) is 3.65. The van der Waals surface area contributed by atoms with E-state index in [2.05, 4.69) is 61.3 Å².